The molecule has 3 aromatic rings. The summed E-state index contributed by atoms with van der Waals surface area (Å²) in [4.78, 5) is 16.5. The van der Waals surface area contributed by atoms with Gasteiger partial charge in [0.25, 0.3) is 0 Å². The highest BCUT2D eigenvalue weighted by Crippen LogP contribution is 2.26. The van der Waals surface area contributed by atoms with Gasteiger partial charge in [-0.25, -0.2) is 9.37 Å². The number of hydrogen-bond donors (Lipinski definition) is 1. The van der Waals surface area contributed by atoms with Crippen molar-refractivity contribution in [3.05, 3.63) is 59.9 Å². The van der Waals surface area contributed by atoms with Crippen LogP contribution in [0.25, 0.3) is 10.2 Å². The molecule has 0 fully saturated rings. The first-order chi connectivity index (χ1) is 11.2. The highest BCUT2D eigenvalue weighted by Gasteiger charge is 2.21. The first-order valence-corrected chi connectivity index (χ1v) is 7.92. The SMILES string of the molecule is COC(=O)C(CNc1nc2ccccc2s1)c1ccc(F)cc1. The Bertz CT molecular complexity index is 784. The normalized spacial score (nSPS) is 12.1. The molecule has 2 aromatic carbocycles. The van der Waals surface area contributed by atoms with E-state index >= 15 is 0 Å². The molecule has 3 rings (SSSR count). The number of thiazole rings is 1. The highest BCUT2D eigenvalue weighted by atomic mass is 32.1. The minimum Gasteiger partial charge on any atom is -0.468 e. The summed E-state index contributed by atoms with van der Waals surface area (Å²) in [7, 11) is 1.34. The first-order valence-electron chi connectivity index (χ1n) is 7.10. The zero-order valence-electron chi connectivity index (χ0n) is 12.5. The zero-order valence-corrected chi connectivity index (χ0v) is 13.3. The number of esters is 1. The minimum absolute atomic E-state index is 0.331. The topological polar surface area (TPSA) is 51.2 Å². The quantitative estimate of drug-likeness (QED) is 0.723. The number of carbonyl (C=O) groups excluding carboxylic acids is 1. The van der Waals surface area contributed by atoms with E-state index in [0.717, 1.165) is 15.3 Å². The molecule has 0 bridgehead atoms. The fourth-order valence-electron chi connectivity index (χ4n) is 2.31. The van der Waals surface area contributed by atoms with Gasteiger partial charge in [0.1, 0.15) is 5.82 Å². The van der Waals surface area contributed by atoms with Gasteiger partial charge in [0.15, 0.2) is 5.13 Å². The van der Waals surface area contributed by atoms with E-state index in [1.807, 2.05) is 24.3 Å². The van der Waals surface area contributed by atoms with E-state index in [1.165, 1.54) is 30.6 Å². The van der Waals surface area contributed by atoms with Crippen LogP contribution < -0.4 is 5.32 Å². The van der Waals surface area contributed by atoms with Gasteiger partial charge in [-0.1, -0.05) is 35.6 Å². The van der Waals surface area contributed by atoms with Crippen molar-refractivity contribution in [3.8, 4) is 0 Å². The van der Waals surface area contributed by atoms with Crippen LogP contribution >= 0.6 is 11.3 Å². The Morgan fingerprint density at radius 1 is 1.26 bits per heavy atom. The molecule has 0 saturated heterocycles. The maximum Gasteiger partial charge on any atom is 0.314 e. The lowest BCUT2D eigenvalue weighted by molar-refractivity contribution is -0.142. The van der Waals surface area contributed by atoms with Crippen molar-refractivity contribution in [1.29, 1.82) is 0 Å². The molecule has 23 heavy (non-hydrogen) atoms. The maximum atomic E-state index is 13.1. The third kappa shape index (κ3) is 3.48. The van der Waals surface area contributed by atoms with Gasteiger partial charge in [-0.2, -0.15) is 0 Å². The van der Waals surface area contributed by atoms with Gasteiger partial charge in [0, 0.05) is 6.54 Å². The maximum absolute atomic E-state index is 13.1. The number of hydrogen-bond acceptors (Lipinski definition) is 5. The molecule has 0 aliphatic rings. The number of nitrogens with zero attached hydrogens (tertiary/aromatic N) is 1. The van der Waals surface area contributed by atoms with Crippen molar-refractivity contribution >= 4 is 32.7 Å². The second-order valence-electron chi connectivity index (χ2n) is 4.99. The van der Waals surface area contributed by atoms with Crippen LogP contribution in [0.4, 0.5) is 9.52 Å². The number of halogens is 1. The number of aromatic nitrogens is 1. The van der Waals surface area contributed by atoms with E-state index in [-0.39, 0.29) is 11.8 Å². The number of rotatable bonds is 5. The predicted octanol–water partition coefficient (Wildman–Crippen LogP) is 3.80. The molecule has 1 atom stereocenters. The third-order valence-corrected chi connectivity index (χ3v) is 4.50. The lowest BCUT2D eigenvalue weighted by atomic mass is 9.99. The Hall–Kier alpha value is -2.47. The number of ether oxygens (including phenoxy) is 1. The van der Waals surface area contributed by atoms with Crippen molar-refractivity contribution in [2.45, 2.75) is 5.92 Å². The van der Waals surface area contributed by atoms with Crippen LogP contribution in [0.2, 0.25) is 0 Å². The van der Waals surface area contributed by atoms with E-state index in [2.05, 4.69) is 10.3 Å². The molecular formula is C17H15FN2O2S. The van der Waals surface area contributed by atoms with E-state index < -0.39 is 5.92 Å². The Morgan fingerprint density at radius 2 is 2.00 bits per heavy atom. The number of fused-ring (bicyclic) bond motifs is 1. The van der Waals surface area contributed by atoms with Crippen molar-refractivity contribution < 1.29 is 13.9 Å². The van der Waals surface area contributed by atoms with Crippen LogP contribution in [0.1, 0.15) is 11.5 Å². The molecule has 0 saturated carbocycles. The van der Waals surface area contributed by atoms with Crippen LogP contribution in [-0.2, 0) is 9.53 Å². The van der Waals surface area contributed by atoms with Gasteiger partial charge >= 0.3 is 5.97 Å². The summed E-state index contributed by atoms with van der Waals surface area (Å²) in [6, 6.07) is 13.7. The average Bonchev–Trinajstić information content (AvgIpc) is 2.99. The number of methoxy groups -OCH3 is 1. The molecule has 1 unspecified atom stereocenters. The number of para-hydroxylation sites is 1. The molecule has 6 heteroatoms. The largest absolute Gasteiger partial charge is 0.468 e. The molecular weight excluding hydrogens is 315 g/mol. The van der Waals surface area contributed by atoms with Gasteiger partial charge < -0.3 is 10.1 Å². The summed E-state index contributed by atoms with van der Waals surface area (Å²) in [5, 5.41) is 3.91. The van der Waals surface area contributed by atoms with Gasteiger partial charge in [0.05, 0.1) is 23.2 Å². The first kappa shape index (κ1) is 15.4. The van der Waals surface area contributed by atoms with Crippen LogP contribution in [0.3, 0.4) is 0 Å². The van der Waals surface area contributed by atoms with E-state index in [0.29, 0.717) is 12.1 Å². The molecule has 4 nitrogen and oxygen atoms in total. The van der Waals surface area contributed by atoms with Crippen LogP contribution in [0.5, 0.6) is 0 Å². The molecule has 1 heterocycles. The Morgan fingerprint density at radius 3 is 2.70 bits per heavy atom. The fourth-order valence-corrected chi connectivity index (χ4v) is 3.18. The van der Waals surface area contributed by atoms with Crippen LogP contribution in [0.15, 0.2) is 48.5 Å². The van der Waals surface area contributed by atoms with Crippen molar-refractivity contribution in [3.63, 3.8) is 0 Å². The molecule has 0 aliphatic carbocycles. The van der Waals surface area contributed by atoms with E-state index in [9.17, 15) is 9.18 Å². The van der Waals surface area contributed by atoms with Crippen molar-refractivity contribution in [2.24, 2.45) is 0 Å². The summed E-state index contributed by atoms with van der Waals surface area (Å²) in [5.74, 6) is -1.23. The summed E-state index contributed by atoms with van der Waals surface area (Å²) in [6.45, 7) is 0.331. The third-order valence-electron chi connectivity index (χ3n) is 3.51. The van der Waals surface area contributed by atoms with Crippen molar-refractivity contribution in [1.82, 2.24) is 4.98 Å². The number of carbonyl (C=O) groups is 1. The van der Waals surface area contributed by atoms with Crippen LogP contribution in [-0.4, -0.2) is 24.6 Å². The van der Waals surface area contributed by atoms with Gasteiger partial charge in [-0.3, -0.25) is 4.79 Å². The van der Waals surface area contributed by atoms with Gasteiger partial charge in [0.2, 0.25) is 0 Å². The van der Waals surface area contributed by atoms with E-state index in [1.54, 1.807) is 12.1 Å². The second kappa shape index (κ2) is 6.75. The monoisotopic (exact) mass is 330 g/mol. The second-order valence-corrected chi connectivity index (χ2v) is 6.03. The molecule has 0 aliphatic heterocycles. The summed E-state index contributed by atoms with van der Waals surface area (Å²) in [6.07, 6.45) is 0. The Balaban J connectivity index is 1.78. The van der Waals surface area contributed by atoms with E-state index in [4.69, 9.17) is 4.74 Å². The smallest absolute Gasteiger partial charge is 0.314 e. The summed E-state index contributed by atoms with van der Waals surface area (Å²) >= 11 is 1.52. The van der Waals surface area contributed by atoms with Gasteiger partial charge in [-0.15, -0.1) is 0 Å². The number of anilines is 1. The summed E-state index contributed by atoms with van der Waals surface area (Å²) in [5.41, 5.74) is 1.61. The fraction of sp³-hybridized carbons (Fsp3) is 0.176. The Labute approximate surface area is 136 Å². The van der Waals surface area contributed by atoms with Crippen LogP contribution in [0, 0.1) is 5.82 Å². The predicted molar refractivity (Wildman–Crippen MR) is 89.3 cm³/mol. The molecule has 118 valence electrons. The molecule has 1 N–H and O–H groups in total. The highest BCUT2D eigenvalue weighted by molar-refractivity contribution is 7.22. The Kier molecular flexibility index (Phi) is 4.52. The number of nitrogens with one attached hydrogen (secondary N) is 1. The minimum atomic E-state index is -0.521. The average molecular weight is 330 g/mol. The standard InChI is InChI=1S/C17H15FN2O2S/c1-22-16(21)13(11-6-8-12(18)9-7-11)10-19-17-20-14-4-2-3-5-15(14)23-17/h2-9,13H,10H2,1H3,(H,19,20). The number of benzene rings is 2. The molecule has 0 radical (unpaired) electrons. The molecule has 1 aromatic heterocycles. The lowest BCUT2D eigenvalue weighted by Crippen LogP contribution is -2.22. The molecule has 0 amide bonds. The lowest BCUT2D eigenvalue weighted by Gasteiger charge is -2.15. The van der Waals surface area contributed by atoms with Crippen molar-refractivity contribution in [2.75, 3.05) is 19.0 Å². The summed E-state index contributed by atoms with van der Waals surface area (Å²) < 4.78 is 19.0. The molecule has 0 spiro atoms. The van der Waals surface area contributed by atoms with Gasteiger partial charge in [-0.05, 0) is 29.8 Å². The zero-order chi connectivity index (χ0) is 16.2.